The second kappa shape index (κ2) is 6.67. The van der Waals surface area contributed by atoms with Crippen LogP contribution in [0.5, 0.6) is 0 Å². The highest BCUT2D eigenvalue weighted by molar-refractivity contribution is 7.83. The lowest BCUT2D eigenvalue weighted by atomic mass is 10.1. The largest absolute Gasteiger partial charge is 0.337 e. The Kier molecular flexibility index (Phi) is 4.90. The highest BCUT2D eigenvalue weighted by Gasteiger charge is 2.13. The van der Waals surface area contributed by atoms with Crippen LogP contribution in [0.4, 0.5) is 0 Å². The number of carbonyl (C=O) groups excluding carboxylic acids is 1. The van der Waals surface area contributed by atoms with E-state index in [0.29, 0.717) is 17.9 Å². The third-order valence-corrected chi connectivity index (χ3v) is 3.81. The molecule has 0 spiro atoms. The second-order valence-electron chi connectivity index (χ2n) is 5.10. The quantitative estimate of drug-likeness (QED) is 0.842. The predicted molar refractivity (Wildman–Crippen MR) is 83.2 cm³/mol. The third kappa shape index (κ3) is 4.26. The number of rotatable bonds is 5. The monoisotopic (exact) mass is 305 g/mol. The lowest BCUT2D eigenvalue weighted by Gasteiger charge is -2.16. The number of aromatic nitrogens is 2. The molecule has 6 heteroatoms. The van der Waals surface area contributed by atoms with E-state index in [1.165, 1.54) is 0 Å². The first-order valence-electron chi connectivity index (χ1n) is 6.57. The van der Waals surface area contributed by atoms with E-state index in [4.69, 9.17) is 0 Å². The molecular weight excluding hydrogens is 286 g/mol. The van der Waals surface area contributed by atoms with Gasteiger partial charge in [-0.2, -0.15) is 5.10 Å². The van der Waals surface area contributed by atoms with Crippen molar-refractivity contribution in [1.82, 2.24) is 14.7 Å². The Hall–Kier alpha value is -1.95. The molecule has 2 rings (SSSR count). The van der Waals surface area contributed by atoms with Gasteiger partial charge < -0.3 is 4.90 Å². The minimum absolute atomic E-state index is 0.0532. The van der Waals surface area contributed by atoms with Gasteiger partial charge in [-0.1, -0.05) is 12.1 Å². The Morgan fingerprint density at radius 2 is 2.14 bits per heavy atom. The molecule has 0 unspecified atom stereocenters. The lowest BCUT2D eigenvalue weighted by Crippen LogP contribution is -2.26. The van der Waals surface area contributed by atoms with E-state index in [1.807, 2.05) is 31.4 Å². The van der Waals surface area contributed by atoms with Crippen molar-refractivity contribution in [3.63, 3.8) is 0 Å². The van der Waals surface area contributed by atoms with Crippen molar-refractivity contribution in [3.8, 4) is 0 Å². The number of carbonyl (C=O) groups is 1. The predicted octanol–water partition coefficient (Wildman–Crippen LogP) is 1.57. The van der Waals surface area contributed by atoms with Crippen molar-refractivity contribution in [2.45, 2.75) is 12.3 Å². The molecule has 0 saturated carbocycles. The van der Waals surface area contributed by atoms with Crippen LogP contribution in [0, 0.1) is 0 Å². The summed E-state index contributed by atoms with van der Waals surface area (Å²) >= 11 is 0. The molecule has 2 aromatic rings. The topological polar surface area (TPSA) is 55.2 Å². The third-order valence-electron chi connectivity index (χ3n) is 3.07. The van der Waals surface area contributed by atoms with Crippen molar-refractivity contribution in [1.29, 1.82) is 0 Å². The van der Waals surface area contributed by atoms with Crippen molar-refractivity contribution in [3.05, 3.63) is 53.3 Å². The molecule has 21 heavy (non-hydrogen) atoms. The van der Waals surface area contributed by atoms with Gasteiger partial charge in [-0.05, 0) is 17.7 Å². The summed E-state index contributed by atoms with van der Waals surface area (Å²) in [5.74, 6) is 0.413. The molecule has 1 atom stereocenters. The van der Waals surface area contributed by atoms with Gasteiger partial charge in [-0.15, -0.1) is 0 Å². The van der Waals surface area contributed by atoms with E-state index >= 15 is 0 Å². The summed E-state index contributed by atoms with van der Waals surface area (Å²) in [5, 5.41) is 4.09. The van der Waals surface area contributed by atoms with Crippen LogP contribution >= 0.6 is 0 Å². The van der Waals surface area contributed by atoms with Gasteiger partial charge >= 0.3 is 0 Å². The van der Waals surface area contributed by atoms with Gasteiger partial charge in [-0.25, -0.2) is 0 Å². The molecule has 0 aliphatic rings. The highest BCUT2D eigenvalue weighted by atomic mass is 32.2. The SMILES string of the molecule is CN(Cc1cnn(C)c1)C(=O)c1cccc(C[S@@](C)=O)c1. The molecule has 0 aliphatic heterocycles. The van der Waals surface area contributed by atoms with Gasteiger partial charge in [0, 0.05) is 60.8 Å². The summed E-state index contributed by atoms with van der Waals surface area (Å²) < 4.78 is 13.0. The Morgan fingerprint density at radius 1 is 1.38 bits per heavy atom. The van der Waals surface area contributed by atoms with E-state index in [-0.39, 0.29) is 5.91 Å². The van der Waals surface area contributed by atoms with Crippen molar-refractivity contribution >= 4 is 16.7 Å². The Morgan fingerprint density at radius 3 is 2.76 bits per heavy atom. The zero-order valence-electron chi connectivity index (χ0n) is 12.4. The molecule has 0 radical (unpaired) electrons. The first-order chi connectivity index (χ1) is 9.95. The smallest absolute Gasteiger partial charge is 0.253 e. The molecular formula is C15H19N3O2S. The molecule has 5 nitrogen and oxygen atoms in total. The normalized spacial score (nSPS) is 12.1. The molecule has 112 valence electrons. The standard InChI is InChI=1S/C15H19N3O2S/c1-17(9-13-8-16-18(2)10-13)15(19)14-6-4-5-12(7-14)11-21(3)20/h4-8,10H,9,11H2,1-3H3/t21-/m1/s1. The van der Waals surface area contributed by atoms with Gasteiger partial charge in [0.15, 0.2) is 0 Å². The van der Waals surface area contributed by atoms with Gasteiger partial charge in [0.05, 0.1) is 6.20 Å². The van der Waals surface area contributed by atoms with Crippen LogP contribution in [0.15, 0.2) is 36.7 Å². The molecule has 1 amide bonds. The van der Waals surface area contributed by atoms with E-state index in [9.17, 15) is 9.00 Å². The first kappa shape index (κ1) is 15.4. The van der Waals surface area contributed by atoms with E-state index in [0.717, 1.165) is 11.1 Å². The van der Waals surface area contributed by atoms with Crippen LogP contribution in [0.3, 0.4) is 0 Å². The molecule has 0 fully saturated rings. The zero-order chi connectivity index (χ0) is 15.4. The summed E-state index contributed by atoms with van der Waals surface area (Å²) in [6.07, 6.45) is 5.30. The fourth-order valence-electron chi connectivity index (χ4n) is 2.15. The fraction of sp³-hybridized carbons (Fsp3) is 0.333. The maximum Gasteiger partial charge on any atom is 0.253 e. The first-order valence-corrected chi connectivity index (χ1v) is 8.30. The van der Waals surface area contributed by atoms with Gasteiger partial charge in [0.2, 0.25) is 0 Å². The number of benzene rings is 1. The second-order valence-corrected chi connectivity index (χ2v) is 6.54. The average molecular weight is 305 g/mol. The molecule has 0 bridgehead atoms. The molecule has 1 heterocycles. The summed E-state index contributed by atoms with van der Waals surface area (Å²) in [4.78, 5) is 14.1. The Bertz CT molecular complexity index is 666. The summed E-state index contributed by atoms with van der Waals surface area (Å²) in [5.41, 5.74) is 2.51. The number of hydrogen-bond acceptors (Lipinski definition) is 3. The van der Waals surface area contributed by atoms with Crippen molar-refractivity contribution < 1.29 is 9.00 Å². The minimum Gasteiger partial charge on any atom is -0.337 e. The number of aryl methyl sites for hydroxylation is 1. The van der Waals surface area contributed by atoms with Gasteiger partial charge in [0.25, 0.3) is 5.91 Å². The van der Waals surface area contributed by atoms with Crippen LogP contribution in [-0.4, -0.2) is 38.1 Å². The molecule has 0 N–H and O–H groups in total. The maximum atomic E-state index is 12.4. The zero-order valence-corrected chi connectivity index (χ0v) is 13.3. The van der Waals surface area contributed by atoms with Gasteiger partial charge in [-0.3, -0.25) is 13.7 Å². The Labute approximate surface area is 127 Å². The van der Waals surface area contributed by atoms with E-state index < -0.39 is 10.8 Å². The number of hydrogen-bond donors (Lipinski definition) is 0. The molecule has 1 aromatic heterocycles. The fourth-order valence-corrected chi connectivity index (χ4v) is 2.80. The molecule has 0 aliphatic carbocycles. The summed E-state index contributed by atoms with van der Waals surface area (Å²) in [7, 11) is 2.70. The van der Waals surface area contributed by atoms with Crippen LogP contribution in [0.1, 0.15) is 21.5 Å². The number of nitrogens with zero attached hydrogens (tertiary/aromatic N) is 3. The van der Waals surface area contributed by atoms with Crippen molar-refractivity contribution in [2.24, 2.45) is 7.05 Å². The highest BCUT2D eigenvalue weighted by Crippen LogP contribution is 2.11. The van der Waals surface area contributed by atoms with Crippen LogP contribution in [0.2, 0.25) is 0 Å². The van der Waals surface area contributed by atoms with Crippen LogP contribution in [0.25, 0.3) is 0 Å². The molecule has 1 aromatic carbocycles. The van der Waals surface area contributed by atoms with E-state index in [2.05, 4.69) is 5.10 Å². The Balaban J connectivity index is 2.09. The lowest BCUT2D eigenvalue weighted by molar-refractivity contribution is 0.0785. The van der Waals surface area contributed by atoms with Crippen LogP contribution in [-0.2, 0) is 30.1 Å². The van der Waals surface area contributed by atoms with Crippen molar-refractivity contribution in [2.75, 3.05) is 13.3 Å². The van der Waals surface area contributed by atoms with Crippen LogP contribution < -0.4 is 0 Å². The molecule has 0 saturated heterocycles. The van der Waals surface area contributed by atoms with E-state index in [1.54, 1.807) is 35.1 Å². The number of amides is 1. The van der Waals surface area contributed by atoms with Gasteiger partial charge in [0.1, 0.15) is 0 Å². The summed E-state index contributed by atoms with van der Waals surface area (Å²) in [6, 6.07) is 7.31. The minimum atomic E-state index is -0.913. The maximum absolute atomic E-state index is 12.4. The summed E-state index contributed by atoms with van der Waals surface area (Å²) in [6.45, 7) is 0.511. The average Bonchev–Trinajstić information content (AvgIpc) is 2.82.